The second-order valence-corrected chi connectivity index (χ2v) is 4.53. The molecule has 110 valence electrons. The van der Waals surface area contributed by atoms with Crippen LogP contribution in [-0.2, 0) is 19.1 Å². The zero-order chi connectivity index (χ0) is 15.1. The Kier molecular flexibility index (Phi) is 6.35. The Hall–Kier alpha value is -1.72. The van der Waals surface area contributed by atoms with Crippen molar-refractivity contribution in [2.75, 3.05) is 25.7 Å². The minimum Gasteiger partial charge on any atom is -0.375 e. The van der Waals surface area contributed by atoms with E-state index >= 15 is 0 Å². The normalized spacial score (nSPS) is 12.0. The molecule has 1 atom stereocenters. The Bertz CT molecular complexity index is 453. The maximum Gasteiger partial charge on any atom is 0.255 e. The number of carbonyl (C=O) groups excluding carboxylic acids is 2. The van der Waals surface area contributed by atoms with Gasteiger partial charge in [-0.05, 0) is 25.0 Å². The smallest absolute Gasteiger partial charge is 0.255 e. The average molecular weight is 279 g/mol. The topological polar surface area (TPSA) is 55.8 Å². The lowest BCUT2D eigenvalue weighted by molar-refractivity contribution is -0.125. The summed E-state index contributed by atoms with van der Waals surface area (Å²) in [6, 6.07) is 5.76. The molecule has 0 aliphatic heterocycles. The quantitative estimate of drug-likeness (QED) is 0.564. The molecule has 1 rings (SSSR count). The van der Waals surface area contributed by atoms with Crippen molar-refractivity contribution in [2.24, 2.45) is 0 Å². The molecule has 1 unspecified atom stereocenters. The van der Waals surface area contributed by atoms with Crippen LogP contribution in [0.1, 0.15) is 17.5 Å². The molecule has 20 heavy (non-hydrogen) atoms. The highest BCUT2D eigenvalue weighted by atomic mass is 16.5. The van der Waals surface area contributed by atoms with Crippen molar-refractivity contribution in [2.45, 2.75) is 26.5 Å². The first-order valence-corrected chi connectivity index (χ1v) is 6.40. The molecule has 5 nitrogen and oxygen atoms in total. The van der Waals surface area contributed by atoms with Crippen molar-refractivity contribution >= 4 is 17.9 Å². The molecular weight excluding hydrogens is 258 g/mol. The summed E-state index contributed by atoms with van der Waals surface area (Å²) < 4.78 is 10.2. The van der Waals surface area contributed by atoms with Crippen LogP contribution in [-0.4, -0.2) is 39.2 Å². The number of nitrogens with zero attached hydrogens (tertiary/aromatic N) is 1. The molecule has 0 bridgehead atoms. The number of anilines is 1. The highest BCUT2D eigenvalue weighted by Gasteiger charge is 2.27. The van der Waals surface area contributed by atoms with E-state index < -0.39 is 6.23 Å². The van der Waals surface area contributed by atoms with Crippen LogP contribution in [0.5, 0.6) is 0 Å². The molecule has 1 amide bonds. The summed E-state index contributed by atoms with van der Waals surface area (Å²) in [5.41, 5.74) is 2.66. The Morgan fingerprint density at radius 1 is 1.30 bits per heavy atom. The van der Waals surface area contributed by atoms with E-state index in [1.54, 1.807) is 0 Å². The van der Waals surface area contributed by atoms with Crippen molar-refractivity contribution in [3.8, 4) is 0 Å². The molecule has 0 heterocycles. The maximum atomic E-state index is 12.3. The second kappa shape index (κ2) is 7.77. The Balaban J connectivity index is 3.28. The van der Waals surface area contributed by atoms with Crippen LogP contribution in [0.25, 0.3) is 0 Å². The molecule has 5 heteroatoms. The molecular formula is C15H21NO4. The van der Waals surface area contributed by atoms with Gasteiger partial charge in [-0.3, -0.25) is 9.69 Å². The number of benzene rings is 1. The summed E-state index contributed by atoms with van der Waals surface area (Å²) in [6.45, 7) is 3.78. The molecule has 0 radical (unpaired) electrons. The van der Waals surface area contributed by atoms with Crippen LogP contribution >= 0.6 is 0 Å². The fraction of sp³-hybridized carbons (Fsp3) is 0.467. The molecule has 0 spiro atoms. The summed E-state index contributed by atoms with van der Waals surface area (Å²) in [4.78, 5) is 24.6. The zero-order valence-electron chi connectivity index (χ0n) is 12.4. The maximum absolute atomic E-state index is 12.3. The molecule has 0 aliphatic carbocycles. The molecule has 0 saturated carbocycles. The lowest BCUT2D eigenvalue weighted by Crippen LogP contribution is -2.44. The lowest BCUT2D eigenvalue weighted by Gasteiger charge is -2.32. The van der Waals surface area contributed by atoms with Crippen LogP contribution in [0, 0.1) is 13.8 Å². The molecule has 0 saturated heterocycles. The first kappa shape index (κ1) is 16.3. The van der Waals surface area contributed by atoms with Crippen LogP contribution in [0.3, 0.4) is 0 Å². The fourth-order valence-corrected chi connectivity index (χ4v) is 2.20. The van der Waals surface area contributed by atoms with E-state index in [2.05, 4.69) is 0 Å². The molecule has 1 aromatic carbocycles. The number of para-hydroxylation sites is 1. The number of rotatable bonds is 7. The predicted octanol–water partition coefficient (Wildman–Crippen LogP) is 1.84. The van der Waals surface area contributed by atoms with Gasteiger partial charge in [0, 0.05) is 20.6 Å². The minimum atomic E-state index is -0.630. The molecule has 0 fully saturated rings. The number of carbonyl (C=O) groups is 2. The third-order valence-corrected chi connectivity index (χ3v) is 3.07. The third-order valence-electron chi connectivity index (χ3n) is 3.07. The van der Waals surface area contributed by atoms with Crippen molar-refractivity contribution < 1.29 is 19.1 Å². The van der Waals surface area contributed by atoms with Crippen molar-refractivity contribution in [3.05, 3.63) is 29.3 Å². The van der Waals surface area contributed by atoms with E-state index in [0.717, 1.165) is 23.1 Å². The van der Waals surface area contributed by atoms with Crippen molar-refractivity contribution in [1.29, 1.82) is 0 Å². The first-order valence-electron chi connectivity index (χ1n) is 6.40. The van der Waals surface area contributed by atoms with Gasteiger partial charge in [0.25, 0.3) is 5.91 Å². The van der Waals surface area contributed by atoms with Crippen LogP contribution in [0.15, 0.2) is 18.2 Å². The molecule has 1 aromatic rings. The summed E-state index contributed by atoms with van der Waals surface area (Å²) in [7, 11) is 2.94. The van der Waals surface area contributed by atoms with Crippen molar-refractivity contribution in [3.63, 3.8) is 0 Å². The predicted molar refractivity (Wildman–Crippen MR) is 76.8 cm³/mol. The number of aryl methyl sites for hydroxylation is 2. The van der Waals surface area contributed by atoms with Gasteiger partial charge in [0.15, 0.2) is 0 Å². The number of methoxy groups -OCH3 is 2. The van der Waals surface area contributed by atoms with Gasteiger partial charge in [0.2, 0.25) is 0 Å². The number of amides is 1. The number of ether oxygens (including phenoxy) is 2. The van der Waals surface area contributed by atoms with Crippen LogP contribution in [0.2, 0.25) is 0 Å². The summed E-state index contributed by atoms with van der Waals surface area (Å²) in [5.74, 6) is -0.237. The van der Waals surface area contributed by atoms with Gasteiger partial charge in [0.05, 0.1) is 5.69 Å². The van der Waals surface area contributed by atoms with Gasteiger partial charge in [0.1, 0.15) is 19.1 Å². The Morgan fingerprint density at radius 3 is 2.35 bits per heavy atom. The second-order valence-electron chi connectivity index (χ2n) is 4.53. The fourth-order valence-electron chi connectivity index (χ4n) is 2.20. The van der Waals surface area contributed by atoms with E-state index in [9.17, 15) is 9.59 Å². The summed E-state index contributed by atoms with van der Waals surface area (Å²) in [5, 5.41) is 0. The van der Waals surface area contributed by atoms with Crippen molar-refractivity contribution in [1.82, 2.24) is 0 Å². The summed E-state index contributed by atoms with van der Waals surface area (Å²) in [6.07, 6.45) is 0.226. The molecule has 0 aliphatic rings. The number of hydrogen-bond donors (Lipinski definition) is 0. The average Bonchev–Trinajstić information content (AvgIpc) is 2.41. The molecule has 0 N–H and O–H groups in total. The zero-order valence-corrected chi connectivity index (χ0v) is 12.4. The number of hydrogen-bond acceptors (Lipinski definition) is 4. The standard InChI is InChI=1S/C15H21NO4/c1-11-6-5-7-12(2)15(11)16(13(18)10-19-3)14(20-4)8-9-17/h5-7,9,14H,8,10H2,1-4H3. The van der Waals surface area contributed by atoms with Gasteiger partial charge < -0.3 is 14.3 Å². The SMILES string of the molecule is COCC(=O)N(c1c(C)cccc1C)C(CC=O)OC. The van der Waals surface area contributed by atoms with Gasteiger partial charge in [-0.1, -0.05) is 18.2 Å². The molecule has 0 aromatic heterocycles. The van der Waals surface area contributed by atoms with Gasteiger partial charge in [-0.25, -0.2) is 0 Å². The largest absolute Gasteiger partial charge is 0.375 e. The number of aldehydes is 1. The van der Waals surface area contributed by atoms with E-state index in [-0.39, 0.29) is 18.9 Å². The summed E-state index contributed by atoms with van der Waals surface area (Å²) >= 11 is 0. The van der Waals surface area contributed by atoms with E-state index in [1.807, 2.05) is 32.0 Å². The highest BCUT2D eigenvalue weighted by molar-refractivity contribution is 5.96. The third kappa shape index (κ3) is 3.65. The van der Waals surface area contributed by atoms with E-state index in [4.69, 9.17) is 9.47 Å². The van der Waals surface area contributed by atoms with E-state index in [0.29, 0.717) is 0 Å². The van der Waals surface area contributed by atoms with E-state index in [1.165, 1.54) is 19.1 Å². The Labute approximate surface area is 119 Å². The lowest BCUT2D eigenvalue weighted by atomic mass is 10.1. The van der Waals surface area contributed by atoms with Gasteiger partial charge in [-0.2, -0.15) is 0 Å². The van der Waals surface area contributed by atoms with Gasteiger partial charge in [-0.15, -0.1) is 0 Å². The Morgan fingerprint density at radius 2 is 1.90 bits per heavy atom. The minimum absolute atomic E-state index is 0.0630. The monoisotopic (exact) mass is 279 g/mol. The van der Waals surface area contributed by atoms with Crippen LogP contribution < -0.4 is 4.90 Å². The first-order chi connectivity index (χ1) is 9.56. The highest BCUT2D eigenvalue weighted by Crippen LogP contribution is 2.27. The van der Waals surface area contributed by atoms with Crippen LogP contribution in [0.4, 0.5) is 5.69 Å². The van der Waals surface area contributed by atoms with Gasteiger partial charge >= 0.3 is 0 Å².